The second kappa shape index (κ2) is 5.07. The standard InChI is InChI=1S/C10H8N2O3S2/c13-8(14)3-11-9(15)7-5-17-10(12-7)6-1-2-16-4-6/h1-2,4-5H,3H2,(H,11,15)(H,13,14). The summed E-state index contributed by atoms with van der Waals surface area (Å²) in [6, 6.07) is 1.92. The van der Waals surface area contributed by atoms with E-state index in [1.54, 1.807) is 16.7 Å². The topological polar surface area (TPSA) is 79.3 Å². The molecule has 0 aliphatic rings. The Morgan fingerprint density at radius 1 is 1.41 bits per heavy atom. The highest BCUT2D eigenvalue weighted by atomic mass is 32.1. The van der Waals surface area contributed by atoms with Gasteiger partial charge in [0.25, 0.3) is 5.91 Å². The minimum Gasteiger partial charge on any atom is -0.480 e. The number of hydrogen-bond donors (Lipinski definition) is 2. The van der Waals surface area contributed by atoms with Gasteiger partial charge in [-0.25, -0.2) is 4.98 Å². The Hall–Kier alpha value is -1.73. The lowest BCUT2D eigenvalue weighted by Gasteiger charge is -1.97. The van der Waals surface area contributed by atoms with Crippen LogP contribution in [0.25, 0.3) is 10.6 Å². The van der Waals surface area contributed by atoms with Crippen LogP contribution < -0.4 is 5.32 Å². The molecule has 0 aliphatic heterocycles. The Morgan fingerprint density at radius 2 is 2.24 bits per heavy atom. The number of carboxylic acid groups (broad SMARTS) is 1. The van der Waals surface area contributed by atoms with Gasteiger partial charge in [-0.2, -0.15) is 11.3 Å². The quantitative estimate of drug-likeness (QED) is 0.884. The predicted molar refractivity (Wildman–Crippen MR) is 65.4 cm³/mol. The van der Waals surface area contributed by atoms with E-state index in [4.69, 9.17) is 5.11 Å². The molecule has 7 heteroatoms. The summed E-state index contributed by atoms with van der Waals surface area (Å²) >= 11 is 2.91. The van der Waals surface area contributed by atoms with Crippen molar-refractivity contribution >= 4 is 34.6 Å². The smallest absolute Gasteiger partial charge is 0.322 e. The number of aliphatic carboxylic acids is 1. The van der Waals surface area contributed by atoms with Crippen molar-refractivity contribution in [3.05, 3.63) is 27.9 Å². The van der Waals surface area contributed by atoms with Gasteiger partial charge in [0.15, 0.2) is 0 Å². The SMILES string of the molecule is O=C(O)CNC(=O)c1csc(-c2ccsc2)n1. The van der Waals surface area contributed by atoms with Crippen molar-refractivity contribution in [1.82, 2.24) is 10.3 Å². The van der Waals surface area contributed by atoms with Gasteiger partial charge in [-0.3, -0.25) is 9.59 Å². The third-order valence-electron chi connectivity index (χ3n) is 1.91. The molecule has 17 heavy (non-hydrogen) atoms. The van der Waals surface area contributed by atoms with Gasteiger partial charge in [0.05, 0.1) is 0 Å². The lowest BCUT2D eigenvalue weighted by molar-refractivity contribution is -0.135. The summed E-state index contributed by atoms with van der Waals surface area (Å²) in [5.41, 5.74) is 1.22. The van der Waals surface area contributed by atoms with E-state index in [1.165, 1.54) is 11.3 Å². The number of thiazole rings is 1. The van der Waals surface area contributed by atoms with Crippen molar-refractivity contribution in [3.63, 3.8) is 0 Å². The summed E-state index contributed by atoms with van der Waals surface area (Å²) < 4.78 is 0. The van der Waals surface area contributed by atoms with E-state index in [9.17, 15) is 9.59 Å². The molecule has 0 radical (unpaired) electrons. The van der Waals surface area contributed by atoms with Crippen LogP contribution in [0.3, 0.4) is 0 Å². The molecule has 2 heterocycles. The fourth-order valence-corrected chi connectivity index (χ4v) is 2.66. The zero-order valence-corrected chi connectivity index (χ0v) is 10.2. The number of amides is 1. The summed E-state index contributed by atoms with van der Waals surface area (Å²) in [6.07, 6.45) is 0. The molecule has 2 rings (SSSR count). The van der Waals surface area contributed by atoms with Gasteiger partial charge >= 0.3 is 5.97 Å². The number of aromatic nitrogens is 1. The molecule has 2 aromatic rings. The highest BCUT2D eigenvalue weighted by Gasteiger charge is 2.12. The van der Waals surface area contributed by atoms with Gasteiger partial charge in [0.2, 0.25) is 0 Å². The highest BCUT2D eigenvalue weighted by molar-refractivity contribution is 7.14. The van der Waals surface area contributed by atoms with Crippen LogP contribution >= 0.6 is 22.7 Å². The zero-order valence-electron chi connectivity index (χ0n) is 8.54. The van der Waals surface area contributed by atoms with Crippen LogP contribution in [0.5, 0.6) is 0 Å². The molecular formula is C10H8N2O3S2. The molecule has 2 N–H and O–H groups in total. The van der Waals surface area contributed by atoms with Gasteiger partial charge in [-0.05, 0) is 11.4 Å². The van der Waals surface area contributed by atoms with Crippen molar-refractivity contribution in [3.8, 4) is 10.6 Å². The third kappa shape index (κ3) is 2.89. The van der Waals surface area contributed by atoms with Crippen LogP contribution in [0, 0.1) is 0 Å². The van der Waals surface area contributed by atoms with E-state index in [0.717, 1.165) is 10.6 Å². The Labute approximate surface area is 105 Å². The highest BCUT2D eigenvalue weighted by Crippen LogP contribution is 2.25. The number of carbonyl (C=O) groups excluding carboxylic acids is 1. The molecule has 0 spiro atoms. The van der Waals surface area contributed by atoms with Gasteiger partial charge in [0, 0.05) is 16.3 Å². The van der Waals surface area contributed by atoms with Crippen LogP contribution in [0.2, 0.25) is 0 Å². The first-order valence-corrected chi connectivity index (χ1v) is 6.47. The Kier molecular flexibility index (Phi) is 3.50. The number of nitrogens with zero attached hydrogens (tertiary/aromatic N) is 1. The fourth-order valence-electron chi connectivity index (χ4n) is 1.14. The number of carboxylic acids is 1. The average molecular weight is 268 g/mol. The first kappa shape index (κ1) is 11.7. The molecule has 0 aromatic carbocycles. The van der Waals surface area contributed by atoms with Crippen LogP contribution in [0.15, 0.2) is 22.2 Å². The van der Waals surface area contributed by atoms with E-state index in [1.807, 2.05) is 16.8 Å². The summed E-state index contributed by atoms with van der Waals surface area (Å²) in [5, 5.41) is 16.9. The Bertz CT molecular complexity index is 534. The van der Waals surface area contributed by atoms with E-state index in [0.29, 0.717) is 0 Å². The lowest BCUT2D eigenvalue weighted by Crippen LogP contribution is -2.29. The number of carbonyl (C=O) groups is 2. The lowest BCUT2D eigenvalue weighted by atomic mass is 10.3. The second-order valence-corrected chi connectivity index (χ2v) is 4.76. The maximum atomic E-state index is 11.5. The van der Waals surface area contributed by atoms with Gasteiger partial charge in [0.1, 0.15) is 17.2 Å². The third-order valence-corrected chi connectivity index (χ3v) is 3.48. The summed E-state index contributed by atoms with van der Waals surface area (Å²) in [7, 11) is 0. The van der Waals surface area contributed by atoms with Crippen LogP contribution in [-0.2, 0) is 4.79 Å². The van der Waals surface area contributed by atoms with E-state index >= 15 is 0 Å². The molecule has 88 valence electrons. The Balaban J connectivity index is 2.08. The molecule has 0 fully saturated rings. The van der Waals surface area contributed by atoms with Gasteiger partial charge in [-0.15, -0.1) is 11.3 Å². The molecule has 5 nitrogen and oxygen atoms in total. The van der Waals surface area contributed by atoms with Crippen LogP contribution in [-0.4, -0.2) is 28.5 Å². The molecule has 2 aromatic heterocycles. The van der Waals surface area contributed by atoms with Crippen LogP contribution in [0.4, 0.5) is 0 Å². The largest absolute Gasteiger partial charge is 0.480 e. The summed E-state index contributed by atoms with van der Waals surface area (Å²) in [4.78, 5) is 26.0. The maximum absolute atomic E-state index is 11.5. The van der Waals surface area contributed by atoms with E-state index in [2.05, 4.69) is 10.3 Å². The van der Waals surface area contributed by atoms with Crippen molar-refractivity contribution < 1.29 is 14.7 Å². The number of rotatable bonds is 4. The van der Waals surface area contributed by atoms with Crippen molar-refractivity contribution in [1.29, 1.82) is 0 Å². The van der Waals surface area contributed by atoms with Gasteiger partial charge < -0.3 is 10.4 Å². The average Bonchev–Trinajstić information content (AvgIpc) is 2.94. The number of thiophene rings is 1. The van der Waals surface area contributed by atoms with Crippen LogP contribution in [0.1, 0.15) is 10.5 Å². The predicted octanol–water partition coefficient (Wildman–Crippen LogP) is 1.69. The normalized spacial score (nSPS) is 10.1. The molecule has 0 atom stereocenters. The molecule has 0 bridgehead atoms. The maximum Gasteiger partial charge on any atom is 0.322 e. The monoisotopic (exact) mass is 268 g/mol. The van der Waals surface area contributed by atoms with Crippen molar-refractivity contribution in [2.75, 3.05) is 6.54 Å². The first-order valence-electron chi connectivity index (χ1n) is 4.65. The van der Waals surface area contributed by atoms with Crippen molar-refractivity contribution in [2.45, 2.75) is 0 Å². The van der Waals surface area contributed by atoms with E-state index in [-0.39, 0.29) is 5.69 Å². The molecule has 0 unspecified atom stereocenters. The first-order chi connectivity index (χ1) is 8.16. The second-order valence-electron chi connectivity index (χ2n) is 3.13. The summed E-state index contributed by atoms with van der Waals surface area (Å²) in [5.74, 6) is -1.54. The van der Waals surface area contributed by atoms with E-state index < -0.39 is 18.4 Å². The molecular weight excluding hydrogens is 260 g/mol. The Morgan fingerprint density at radius 3 is 2.88 bits per heavy atom. The number of hydrogen-bond acceptors (Lipinski definition) is 5. The zero-order chi connectivity index (χ0) is 12.3. The van der Waals surface area contributed by atoms with Crippen molar-refractivity contribution in [2.24, 2.45) is 0 Å². The molecule has 0 aliphatic carbocycles. The minimum absolute atomic E-state index is 0.248. The molecule has 0 saturated heterocycles. The number of nitrogens with one attached hydrogen (secondary N) is 1. The van der Waals surface area contributed by atoms with Gasteiger partial charge in [-0.1, -0.05) is 0 Å². The summed E-state index contributed by atoms with van der Waals surface area (Å²) in [6.45, 7) is -0.399. The fraction of sp³-hybridized carbons (Fsp3) is 0.100. The molecule has 0 saturated carbocycles. The molecule has 1 amide bonds. The minimum atomic E-state index is -1.08.